The first kappa shape index (κ1) is 67.8. The van der Waals surface area contributed by atoms with Crippen molar-refractivity contribution in [3.63, 3.8) is 0 Å². The number of esters is 1. The lowest BCUT2D eigenvalue weighted by Crippen LogP contribution is -2.47. The van der Waals surface area contributed by atoms with Crippen molar-refractivity contribution in [2.45, 2.75) is 315 Å². The van der Waals surface area contributed by atoms with Gasteiger partial charge in [0, 0.05) is 12.8 Å². The number of nitrogens with one attached hydrogen (secondary N) is 1. The third-order valence-corrected chi connectivity index (χ3v) is 14.7. The van der Waals surface area contributed by atoms with Crippen LogP contribution in [0.25, 0.3) is 0 Å². The number of allylic oxidation sites excluding steroid dienone is 1. The Labute approximate surface area is 429 Å². The summed E-state index contributed by atoms with van der Waals surface area (Å²) in [4.78, 5) is 39.8. The molecule has 0 aromatic carbocycles. The van der Waals surface area contributed by atoms with Crippen LogP contribution in [0, 0.1) is 0 Å². The van der Waals surface area contributed by atoms with Gasteiger partial charge in [-0.1, -0.05) is 271 Å². The van der Waals surface area contributed by atoms with Crippen LogP contribution >= 0.6 is 7.82 Å². The summed E-state index contributed by atoms with van der Waals surface area (Å²) in [5.74, 6) is -0.524. The Balaban J connectivity index is 5.11. The molecule has 0 aliphatic rings. The first-order chi connectivity index (χ1) is 33.4. The zero-order valence-corrected chi connectivity index (χ0v) is 47.7. The predicted molar refractivity (Wildman–Crippen MR) is 294 cm³/mol. The minimum absolute atomic E-state index is 0.0171. The molecule has 0 bridgehead atoms. The molecular formula is C59H117N2O7P. The van der Waals surface area contributed by atoms with Crippen molar-refractivity contribution in [2.24, 2.45) is 0 Å². The maximum absolute atomic E-state index is 13.5. The van der Waals surface area contributed by atoms with Crippen LogP contribution in [0.3, 0.4) is 0 Å². The molecule has 0 heterocycles. The number of hydrogen-bond acceptors (Lipinski definition) is 7. The molecule has 10 heteroatoms. The first-order valence-electron chi connectivity index (χ1n) is 30.0. The lowest BCUT2D eigenvalue weighted by molar-refractivity contribution is -0.870. The van der Waals surface area contributed by atoms with Gasteiger partial charge in [-0.25, -0.2) is 0 Å². The van der Waals surface area contributed by atoms with Crippen LogP contribution in [0.4, 0.5) is 0 Å². The number of ether oxygens (including phenoxy) is 1. The third kappa shape index (κ3) is 51.5. The highest BCUT2D eigenvalue weighted by molar-refractivity contribution is 7.45. The van der Waals surface area contributed by atoms with E-state index in [4.69, 9.17) is 13.8 Å². The molecule has 69 heavy (non-hydrogen) atoms. The number of quaternary nitrogens is 1. The molecule has 0 aliphatic heterocycles. The van der Waals surface area contributed by atoms with Gasteiger partial charge in [-0.2, -0.15) is 0 Å². The van der Waals surface area contributed by atoms with E-state index in [-0.39, 0.29) is 31.5 Å². The zero-order chi connectivity index (χ0) is 50.8. The highest BCUT2D eigenvalue weighted by atomic mass is 31.2. The largest absolute Gasteiger partial charge is 0.756 e. The van der Waals surface area contributed by atoms with Gasteiger partial charge in [0.15, 0.2) is 0 Å². The zero-order valence-electron chi connectivity index (χ0n) is 46.8. The molecule has 1 amide bonds. The number of phosphoric acid groups is 1. The summed E-state index contributed by atoms with van der Waals surface area (Å²) in [6, 6.07) is -0.877. The van der Waals surface area contributed by atoms with Gasteiger partial charge in [0.05, 0.1) is 33.8 Å². The molecule has 410 valence electrons. The highest BCUT2D eigenvalue weighted by Gasteiger charge is 2.27. The number of carbonyl (C=O) groups excluding carboxylic acids is 2. The Morgan fingerprint density at radius 3 is 1.19 bits per heavy atom. The van der Waals surface area contributed by atoms with Crippen molar-refractivity contribution in [3.8, 4) is 0 Å². The summed E-state index contributed by atoms with van der Waals surface area (Å²) in [5, 5.41) is 3.03. The van der Waals surface area contributed by atoms with Crippen LogP contribution in [0.2, 0.25) is 0 Å². The van der Waals surface area contributed by atoms with Gasteiger partial charge >= 0.3 is 5.97 Å². The van der Waals surface area contributed by atoms with Gasteiger partial charge in [-0.05, 0) is 31.8 Å². The maximum atomic E-state index is 13.5. The Morgan fingerprint density at radius 2 is 0.826 bits per heavy atom. The fourth-order valence-corrected chi connectivity index (χ4v) is 9.78. The summed E-state index contributed by atoms with van der Waals surface area (Å²) in [6.07, 6.45) is 56.1. The van der Waals surface area contributed by atoms with Crippen molar-refractivity contribution >= 4 is 19.7 Å². The number of rotatable bonds is 55. The van der Waals surface area contributed by atoms with Gasteiger partial charge in [0.2, 0.25) is 5.91 Å². The number of phosphoric ester groups is 1. The highest BCUT2D eigenvalue weighted by Crippen LogP contribution is 2.38. The SMILES string of the molecule is CCCCCCCCCCC/C=C\C(OC(=O)CCCCCCCCCCCCC)C(COP(=O)([O-])OCC[N+](C)(C)C)NC(=O)CCCCCCCCCCCCCCCCCCCCCCC. The van der Waals surface area contributed by atoms with Crippen molar-refractivity contribution in [1.29, 1.82) is 0 Å². The van der Waals surface area contributed by atoms with Crippen LogP contribution in [-0.2, 0) is 27.9 Å². The average molecular weight is 998 g/mol. The Hall–Kier alpha value is -1.25. The van der Waals surface area contributed by atoms with Gasteiger partial charge in [0.25, 0.3) is 7.82 Å². The van der Waals surface area contributed by atoms with E-state index in [9.17, 15) is 19.0 Å². The second-order valence-corrected chi connectivity index (χ2v) is 23.3. The first-order valence-corrected chi connectivity index (χ1v) is 31.5. The number of nitrogens with zero attached hydrogens (tertiary/aromatic N) is 1. The summed E-state index contributed by atoms with van der Waals surface area (Å²) in [7, 11) is 1.20. The molecule has 0 fully saturated rings. The molecule has 9 nitrogen and oxygen atoms in total. The Bertz CT molecular complexity index is 1190. The molecular weight excluding hydrogens is 880 g/mol. The van der Waals surface area contributed by atoms with Crippen molar-refractivity contribution in [2.75, 3.05) is 40.9 Å². The van der Waals surface area contributed by atoms with E-state index in [0.717, 1.165) is 57.8 Å². The summed E-state index contributed by atoms with van der Waals surface area (Å²) in [6.45, 7) is 6.87. The van der Waals surface area contributed by atoms with Crippen molar-refractivity contribution in [1.82, 2.24) is 5.32 Å². The number of amides is 1. The molecule has 0 saturated heterocycles. The maximum Gasteiger partial charge on any atom is 0.306 e. The molecule has 3 atom stereocenters. The normalized spacial score (nSPS) is 13.8. The van der Waals surface area contributed by atoms with Crippen LogP contribution in [-0.4, -0.2) is 69.4 Å². The summed E-state index contributed by atoms with van der Waals surface area (Å²) in [5.41, 5.74) is 0. The van der Waals surface area contributed by atoms with Gasteiger partial charge in [-0.3, -0.25) is 14.2 Å². The lowest BCUT2D eigenvalue weighted by Gasteiger charge is -2.30. The summed E-state index contributed by atoms with van der Waals surface area (Å²) >= 11 is 0. The second-order valence-electron chi connectivity index (χ2n) is 21.9. The fourth-order valence-electron chi connectivity index (χ4n) is 9.05. The van der Waals surface area contributed by atoms with E-state index in [1.54, 1.807) is 0 Å². The van der Waals surface area contributed by atoms with Crippen LogP contribution < -0.4 is 10.2 Å². The van der Waals surface area contributed by atoms with Crippen molar-refractivity contribution < 1.29 is 37.3 Å². The minimum Gasteiger partial charge on any atom is -0.756 e. The minimum atomic E-state index is -4.68. The third-order valence-electron chi connectivity index (χ3n) is 13.7. The number of likely N-dealkylation sites (N-methyl/N-ethyl adjacent to an activating group) is 1. The monoisotopic (exact) mass is 997 g/mol. The van der Waals surface area contributed by atoms with E-state index in [1.165, 1.54) is 212 Å². The van der Waals surface area contributed by atoms with Gasteiger partial charge in [0.1, 0.15) is 19.3 Å². The fraction of sp³-hybridized carbons (Fsp3) is 0.932. The van der Waals surface area contributed by atoms with E-state index in [2.05, 4.69) is 26.1 Å². The van der Waals surface area contributed by atoms with Gasteiger partial charge < -0.3 is 28.5 Å². The molecule has 3 unspecified atom stereocenters. The molecule has 0 aromatic heterocycles. The van der Waals surface area contributed by atoms with E-state index in [0.29, 0.717) is 17.4 Å². The van der Waals surface area contributed by atoms with E-state index < -0.39 is 20.0 Å². The molecule has 0 spiro atoms. The molecule has 1 N–H and O–H groups in total. The van der Waals surface area contributed by atoms with E-state index in [1.807, 2.05) is 33.3 Å². The Kier molecular flexibility index (Phi) is 49.4. The van der Waals surface area contributed by atoms with Gasteiger partial charge in [-0.15, -0.1) is 0 Å². The smallest absolute Gasteiger partial charge is 0.306 e. The number of hydrogen-bond donors (Lipinski definition) is 1. The quantitative estimate of drug-likeness (QED) is 0.0212. The van der Waals surface area contributed by atoms with Crippen LogP contribution in [0.1, 0.15) is 303 Å². The molecule has 0 radical (unpaired) electrons. The molecule has 0 aliphatic carbocycles. The second kappa shape index (κ2) is 50.3. The topological polar surface area (TPSA) is 114 Å². The van der Waals surface area contributed by atoms with Crippen LogP contribution in [0.5, 0.6) is 0 Å². The van der Waals surface area contributed by atoms with Crippen molar-refractivity contribution in [3.05, 3.63) is 12.2 Å². The average Bonchev–Trinajstić information content (AvgIpc) is 3.31. The molecule has 0 saturated carbocycles. The molecule has 0 rings (SSSR count). The number of carbonyl (C=O) groups is 2. The predicted octanol–water partition coefficient (Wildman–Crippen LogP) is 17.4. The summed E-state index contributed by atoms with van der Waals surface area (Å²) < 4.78 is 30.2. The standard InChI is InChI=1S/C59H117N2O7P/c1-7-10-13-16-19-22-25-26-27-28-29-30-31-32-33-34-37-39-42-45-48-51-58(62)60-56(55-67-69(64,65)66-54-53-61(4,5)6)57(50-47-44-41-38-35-23-20-17-14-11-8-2)68-59(63)52-49-46-43-40-36-24-21-18-15-12-9-3/h47,50,56-57H,7-46,48-49,51-55H2,1-6H3,(H-,60,62,64,65)/b50-47-. The number of unbranched alkanes of at least 4 members (excludes halogenated alkanes) is 39. The Morgan fingerprint density at radius 1 is 0.493 bits per heavy atom. The molecule has 0 aromatic rings. The van der Waals surface area contributed by atoms with E-state index >= 15 is 0 Å². The lowest BCUT2D eigenvalue weighted by atomic mass is 10.0. The van der Waals surface area contributed by atoms with Crippen LogP contribution in [0.15, 0.2) is 12.2 Å².